The van der Waals surface area contributed by atoms with Crippen LogP contribution in [0.25, 0.3) is 0 Å². The molecule has 0 bridgehead atoms. The number of esters is 1. The van der Waals surface area contributed by atoms with E-state index in [-0.39, 0.29) is 12.6 Å². The summed E-state index contributed by atoms with van der Waals surface area (Å²) in [7, 11) is 0. The van der Waals surface area contributed by atoms with Gasteiger partial charge in [0.1, 0.15) is 6.61 Å². The molecule has 104 valence electrons. The second kappa shape index (κ2) is 14.0. The second-order valence-electron chi connectivity index (χ2n) is 4.22. The van der Waals surface area contributed by atoms with Crippen LogP contribution in [0.1, 0.15) is 44.9 Å². The van der Waals surface area contributed by atoms with Crippen LogP contribution in [0.5, 0.6) is 0 Å². The van der Waals surface area contributed by atoms with Crippen molar-refractivity contribution >= 4 is 5.97 Å². The van der Waals surface area contributed by atoms with Crippen molar-refractivity contribution in [1.29, 1.82) is 0 Å². The molecule has 3 nitrogen and oxygen atoms in total. The highest BCUT2D eigenvalue weighted by Crippen LogP contribution is 2.07. The number of rotatable bonds is 13. The zero-order valence-electron chi connectivity index (χ0n) is 11.4. The summed E-state index contributed by atoms with van der Waals surface area (Å²) in [4.78, 5) is 11.1. The summed E-state index contributed by atoms with van der Waals surface area (Å²) >= 11 is 0. The summed E-state index contributed by atoms with van der Waals surface area (Å²) in [5, 5.41) is 0. The fraction of sp³-hybridized carbons (Fsp3) is 0.667. The Labute approximate surface area is 111 Å². The van der Waals surface area contributed by atoms with Gasteiger partial charge < -0.3 is 9.47 Å². The molecule has 0 radical (unpaired) electrons. The van der Waals surface area contributed by atoms with Gasteiger partial charge in [-0.15, -0.1) is 13.2 Å². The minimum absolute atomic E-state index is 0.0214. The van der Waals surface area contributed by atoms with Gasteiger partial charge in [-0.2, -0.15) is 0 Å². The maximum absolute atomic E-state index is 11.1. The van der Waals surface area contributed by atoms with E-state index in [4.69, 9.17) is 9.47 Å². The first-order valence-corrected chi connectivity index (χ1v) is 6.76. The highest BCUT2D eigenvalue weighted by molar-refractivity contribution is 5.70. The summed E-state index contributed by atoms with van der Waals surface area (Å²) < 4.78 is 10.00. The first-order valence-electron chi connectivity index (χ1n) is 6.76. The average molecular weight is 254 g/mol. The van der Waals surface area contributed by atoms with E-state index in [2.05, 4.69) is 13.2 Å². The van der Waals surface area contributed by atoms with Gasteiger partial charge in [0, 0.05) is 0 Å². The van der Waals surface area contributed by atoms with Crippen molar-refractivity contribution in [3.05, 3.63) is 25.3 Å². The Morgan fingerprint density at radius 3 is 2.28 bits per heavy atom. The Morgan fingerprint density at radius 1 is 0.944 bits per heavy atom. The summed E-state index contributed by atoms with van der Waals surface area (Å²) in [6.45, 7) is 8.11. The molecule has 0 aromatic rings. The Hall–Kier alpha value is -1.09. The fourth-order valence-electron chi connectivity index (χ4n) is 1.55. The lowest BCUT2D eigenvalue weighted by Crippen LogP contribution is -2.13. The average Bonchev–Trinajstić information content (AvgIpc) is 2.37. The zero-order valence-corrected chi connectivity index (χ0v) is 11.4. The van der Waals surface area contributed by atoms with Gasteiger partial charge in [0.05, 0.1) is 13.2 Å². The third-order valence-electron chi connectivity index (χ3n) is 2.52. The first kappa shape index (κ1) is 16.9. The topological polar surface area (TPSA) is 35.5 Å². The second-order valence-corrected chi connectivity index (χ2v) is 4.22. The highest BCUT2D eigenvalue weighted by Gasteiger charge is 2.01. The number of ether oxygens (including phenoxy) is 2. The normalized spacial score (nSPS) is 10.0. The van der Waals surface area contributed by atoms with Crippen LogP contribution in [0.15, 0.2) is 25.3 Å². The van der Waals surface area contributed by atoms with Gasteiger partial charge in [-0.3, -0.25) is 0 Å². The van der Waals surface area contributed by atoms with Crippen LogP contribution in [-0.4, -0.2) is 25.8 Å². The lowest BCUT2D eigenvalue weighted by atomic mass is 10.1. The predicted octanol–water partition coefficient (Wildman–Crippen LogP) is 3.65. The minimum atomic E-state index is -0.289. The Balaban J connectivity index is 3.12. The van der Waals surface area contributed by atoms with Crippen LogP contribution in [0.4, 0.5) is 0 Å². The van der Waals surface area contributed by atoms with Crippen molar-refractivity contribution in [3.8, 4) is 0 Å². The van der Waals surface area contributed by atoms with Gasteiger partial charge in [0.25, 0.3) is 0 Å². The molecule has 18 heavy (non-hydrogen) atoms. The summed E-state index contributed by atoms with van der Waals surface area (Å²) in [6.07, 6.45) is 11.7. The van der Waals surface area contributed by atoms with Crippen LogP contribution >= 0.6 is 0 Å². The fourth-order valence-corrected chi connectivity index (χ4v) is 1.55. The number of allylic oxidation sites excluding steroid dienone is 1. The summed E-state index contributed by atoms with van der Waals surface area (Å²) in [5.41, 5.74) is 0. The number of hydrogen-bond donors (Lipinski definition) is 0. The van der Waals surface area contributed by atoms with Gasteiger partial charge in [0.2, 0.25) is 0 Å². The lowest BCUT2D eigenvalue weighted by molar-refractivity contribution is -0.148. The number of carbonyl (C=O) groups excluding carboxylic acids is 1. The highest BCUT2D eigenvalue weighted by atomic mass is 16.6. The number of carbonyl (C=O) groups is 1. The molecule has 0 amide bonds. The van der Waals surface area contributed by atoms with E-state index < -0.39 is 0 Å². The molecule has 0 aliphatic carbocycles. The lowest BCUT2D eigenvalue weighted by Gasteiger charge is -2.04. The van der Waals surface area contributed by atoms with E-state index in [0.717, 1.165) is 19.3 Å². The van der Waals surface area contributed by atoms with Gasteiger partial charge in [-0.25, -0.2) is 4.79 Å². The largest absolute Gasteiger partial charge is 0.464 e. The molecule has 0 saturated heterocycles. The summed E-state index contributed by atoms with van der Waals surface area (Å²) in [5.74, 6) is -0.289. The first-order chi connectivity index (χ1) is 8.81. The minimum Gasteiger partial charge on any atom is -0.464 e. The molecule has 0 aliphatic heterocycles. The van der Waals surface area contributed by atoms with Gasteiger partial charge in [0.15, 0.2) is 0 Å². The van der Waals surface area contributed by atoms with E-state index in [9.17, 15) is 4.79 Å². The van der Waals surface area contributed by atoms with Crippen molar-refractivity contribution in [2.45, 2.75) is 44.9 Å². The zero-order chi connectivity index (χ0) is 13.5. The van der Waals surface area contributed by atoms with Crippen LogP contribution in [0, 0.1) is 0 Å². The van der Waals surface area contributed by atoms with Crippen LogP contribution in [0.3, 0.4) is 0 Å². The van der Waals surface area contributed by atoms with Crippen molar-refractivity contribution in [2.24, 2.45) is 0 Å². The third-order valence-corrected chi connectivity index (χ3v) is 2.52. The molecule has 0 atom stereocenters. The molecule has 0 unspecified atom stereocenters. The molecule has 0 spiro atoms. The van der Waals surface area contributed by atoms with Crippen LogP contribution < -0.4 is 0 Å². The molecular weight excluding hydrogens is 228 g/mol. The molecule has 0 heterocycles. The Bertz CT molecular complexity index is 224. The van der Waals surface area contributed by atoms with Crippen molar-refractivity contribution in [1.82, 2.24) is 0 Å². The molecule has 0 aliphatic rings. The molecule has 0 aromatic heterocycles. The van der Waals surface area contributed by atoms with E-state index in [1.165, 1.54) is 25.7 Å². The van der Waals surface area contributed by atoms with E-state index in [1.54, 1.807) is 6.08 Å². The molecule has 0 aromatic carbocycles. The standard InChI is InChI=1S/C15H26O3/c1-3-5-6-7-8-9-10-11-13-18-15(16)14-17-12-4-2/h3-4H,1-2,5-14H2. The maximum atomic E-state index is 11.1. The maximum Gasteiger partial charge on any atom is 0.332 e. The molecular formula is C15H26O3. The van der Waals surface area contributed by atoms with Crippen LogP contribution in [-0.2, 0) is 14.3 Å². The SMILES string of the molecule is C=CCCCCCCCCOC(=O)COCC=C. The Kier molecular flexibility index (Phi) is 13.1. The van der Waals surface area contributed by atoms with Crippen molar-refractivity contribution in [2.75, 3.05) is 19.8 Å². The molecule has 0 fully saturated rings. The van der Waals surface area contributed by atoms with Crippen LogP contribution in [0.2, 0.25) is 0 Å². The number of hydrogen-bond acceptors (Lipinski definition) is 3. The molecule has 0 N–H and O–H groups in total. The smallest absolute Gasteiger partial charge is 0.332 e. The summed E-state index contributed by atoms with van der Waals surface area (Å²) in [6, 6.07) is 0. The van der Waals surface area contributed by atoms with Gasteiger partial charge in [-0.05, 0) is 19.3 Å². The van der Waals surface area contributed by atoms with E-state index in [1.807, 2.05) is 6.08 Å². The van der Waals surface area contributed by atoms with Crippen molar-refractivity contribution in [3.63, 3.8) is 0 Å². The Morgan fingerprint density at radius 2 is 1.61 bits per heavy atom. The van der Waals surface area contributed by atoms with E-state index in [0.29, 0.717) is 13.2 Å². The quantitative estimate of drug-likeness (QED) is 0.286. The molecule has 0 rings (SSSR count). The van der Waals surface area contributed by atoms with E-state index >= 15 is 0 Å². The molecule has 0 saturated carbocycles. The number of unbranched alkanes of at least 4 members (excludes halogenated alkanes) is 6. The predicted molar refractivity (Wildman–Crippen MR) is 74.5 cm³/mol. The van der Waals surface area contributed by atoms with Crippen molar-refractivity contribution < 1.29 is 14.3 Å². The third kappa shape index (κ3) is 13.0. The van der Waals surface area contributed by atoms with Gasteiger partial charge >= 0.3 is 5.97 Å². The van der Waals surface area contributed by atoms with Gasteiger partial charge in [-0.1, -0.05) is 37.8 Å². The monoisotopic (exact) mass is 254 g/mol. The molecule has 3 heteroatoms.